The molecule has 0 spiro atoms. The normalized spacial score (nSPS) is 12.6. The van der Waals surface area contributed by atoms with Crippen LogP contribution in [0.1, 0.15) is 17.0 Å². The molecule has 0 aliphatic carbocycles. The Bertz CT molecular complexity index is 1020. The maximum absolute atomic E-state index is 11.1. The number of carbonyl (C=O) groups is 1. The van der Waals surface area contributed by atoms with E-state index in [0.29, 0.717) is 12.2 Å². The number of hydrogen-bond acceptors (Lipinski definition) is 7. The molecule has 0 atom stereocenters. The van der Waals surface area contributed by atoms with Crippen LogP contribution < -0.4 is 39.2 Å². The molecule has 11 heteroatoms. The van der Waals surface area contributed by atoms with Crippen molar-refractivity contribution in [1.29, 1.82) is 0 Å². The predicted molar refractivity (Wildman–Crippen MR) is 113 cm³/mol. The van der Waals surface area contributed by atoms with Crippen molar-refractivity contribution in [3.8, 4) is 0 Å². The number of amides is 1. The number of H-pyrrole nitrogens is 1. The zero-order chi connectivity index (χ0) is 21.0. The van der Waals surface area contributed by atoms with Crippen LogP contribution >= 0.6 is 11.9 Å². The molecule has 1 aliphatic rings. The topological polar surface area (TPSA) is 109 Å². The number of fused-ring (bicyclic) bond motifs is 2. The molecule has 0 unspecified atom stereocenters. The molecule has 0 saturated heterocycles. The SMILES string of the molecule is Cn1nc([C-]=O)c2c1CCN(c1ncnc3[nH]ccc13)C2.[CH2-]C([CH2-])C(=O)NSC.[Na+]. The predicted octanol–water partition coefficient (Wildman–Crippen LogP) is -1.62. The van der Waals surface area contributed by atoms with Crippen LogP contribution in [0.5, 0.6) is 0 Å². The van der Waals surface area contributed by atoms with Crippen molar-refractivity contribution >= 4 is 41.0 Å². The minimum absolute atomic E-state index is 0. The molecule has 0 bridgehead atoms. The molecule has 4 heterocycles. The third kappa shape index (κ3) is 5.23. The second kappa shape index (κ2) is 10.9. The van der Waals surface area contributed by atoms with E-state index in [1.54, 1.807) is 17.3 Å². The van der Waals surface area contributed by atoms with Crippen LogP contribution in [0.3, 0.4) is 0 Å². The van der Waals surface area contributed by atoms with Crippen LogP contribution in [0.15, 0.2) is 18.6 Å². The van der Waals surface area contributed by atoms with E-state index in [1.165, 1.54) is 11.9 Å². The van der Waals surface area contributed by atoms with Gasteiger partial charge in [-0.25, -0.2) is 21.0 Å². The van der Waals surface area contributed by atoms with Gasteiger partial charge in [-0.1, -0.05) is 11.9 Å². The minimum atomic E-state index is -0.401. The summed E-state index contributed by atoms with van der Waals surface area (Å²) in [6, 6.07) is 1.97. The third-order valence-electron chi connectivity index (χ3n) is 4.54. The van der Waals surface area contributed by atoms with Crippen molar-refractivity contribution in [2.45, 2.75) is 13.0 Å². The fourth-order valence-corrected chi connectivity index (χ4v) is 3.52. The van der Waals surface area contributed by atoms with Crippen molar-refractivity contribution in [2.75, 3.05) is 17.7 Å². The molecular formula is C19H22N7NaO2S-2. The van der Waals surface area contributed by atoms with Gasteiger partial charge in [0.25, 0.3) is 0 Å². The summed E-state index contributed by atoms with van der Waals surface area (Å²) >= 11 is 1.26. The maximum Gasteiger partial charge on any atom is 1.00 e. The minimum Gasteiger partial charge on any atom is -0.417 e. The molecule has 0 radical (unpaired) electrons. The Hall–Kier alpha value is -1.88. The van der Waals surface area contributed by atoms with Gasteiger partial charge >= 0.3 is 29.6 Å². The quantitative estimate of drug-likeness (QED) is 0.288. The number of aromatic amines is 1. The second-order valence-corrected chi connectivity index (χ2v) is 7.09. The molecular weight excluding hydrogens is 413 g/mol. The van der Waals surface area contributed by atoms with Crippen LogP contribution in [0.4, 0.5) is 5.82 Å². The number of aryl methyl sites for hydroxylation is 1. The molecule has 9 nitrogen and oxygen atoms in total. The standard InChI is InChI=1S/C14H13N6O.C5H9NOS.Na/c1-19-12-3-5-20(6-10(12)11(7-21)18-19)14-9-2-4-15-13(9)16-8-17-14;1-4(2)5(7)6-8-3;/h2,4,8H,3,5-6H2,1H3,(H,15,16,17);4H,1-2H2,3H3,(H,6,7);/q-1;-2;+1. The first kappa shape index (κ1) is 24.4. The monoisotopic (exact) mass is 435 g/mol. The first-order chi connectivity index (χ1) is 14.0. The molecule has 1 amide bonds. The summed E-state index contributed by atoms with van der Waals surface area (Å²) in [5.74, 6) is 0.354. The number of carbonyl (C=O) groups excluding carboxylic acids is 2. The summed E-state index contributed by atoms with van der Waals surface area (Å²) in [5, 5.41) is 5.21. The Morgan fingerprint density at radius 1 is 1.40 bits per heavy atom. The van der Waals surface area contributed by atoms with Crippen LogP contribution in [0.25, 0.3) is 11.0 Å². The molecule has 4 rings (SSSR count). The van der Waals surface area contributed by atoms with E-state index in [2.05, 4.69) is 43.5 Å². The summed E-state index contributed by atoms with van der Waals surface area (Å²) in [4.78, 5) is 35.4. The molecule has 1 aliphatic heterocycles. The van der Waals surface area contributed by atoms with E-state index in [4.69, 9.17) is 0 Å². The molecule has 0 saturated carbocycles. The fourth-order valence-electron chi connectivity index (χ4n) is 3.15. The summed E-state index contributed by atoms with van der Waals surface area (Å²) in [6.07, 6.45) is 7.95. The number of anilines is 1. The van der Waals surface area contributed by atoms with E-state index in [1.807, 2.05) is 25.6 Å². The largest absolute Gasteiger partial charge is 1.00 e. The second-order valence-electron chi connectivity index (χ2n) is 6.48. The van der Waals surface area contributed by atoms with Gasteiger partial charge in [0.15, 0.2) is 5.91 Å². The summed E-state index contributed by atoms with van der Waals surface area (Å²) < 4.78 is 4.27. The van der Waals surface area contributed by atoms with Gasteiger partial charge in [-0.05, 0) is 30.4 Å². The number of nitrogens with zero attached hydrogens (tertiary/aromatic N) is 5. The zero-order valence-corrected chi connectivity index (χ0v) is 20.1. The Balaban J connectivity index is 0.000000308. The van der Waals surface area contributed by atoms with E-state index in [9.17, 15) is 9.59 Å². The van der Waals surface area contributed by atoms with E-state index in [0.717, 1.165) is 41.1 Å². The van der Waals surface area contributed by atoms with Crippen molar-refractivity contribution in [2.24, 2.45) is 13.0 Å². The van der Waals surface area contributed by atoms with Gasteiger partial charge < -0.3 is 33.2 Å². The average molecular weight is 435 g/mol. The van der Waals surface area contributed by atoms with Gasteiger partial charge in [0, 0.05) is 32.3 Å². The number of hydrogen-bond donors (Lipinski definition) is 2. The summed E-state index contributed by atoms with van der Waals surface area (Å²) in [6.45, 7) is 8.29. The number of aromatic nitrogens is 5. The van der Waals surface area contributed by atoms with E-state index >= 15 is 0 Å². The van der Waals surface area contributed by atoms with Gasteiger partial charge in [-0.2, -0.15) is 0 Å². The van der Waals surface area contributed by atoms with Gasteiger partial charge in [0.2, 0.25) is 0 Å². The molecule has 3 aromatic heterocycles. The van der Waals surface area contributed by atoms with Crippen molar-refractivity contribution in [3.05, 3.63) is 49.4 Å². The Labute approximate surface area is 201 Å². The van der Waals surface area contributed by atoms with Gasteiger partial charge in [0.1, 0.15) is 17.8 Å². The van der Waals surface area contributed by atoms with Gasteiger partial charge in [0.05, 0.1) is 5.39 Å². The summed E-state index contributed by atoms with van der Waals surface area (Å²) in [7, 11) is 1.87. The summed E-state index contributed by atoms with van der Waals surface area (Å²) in [5.41, 5.74) is 3.26. The fraction of sp³-hybridized carbons (Fsp3) is 0.316. The van der Waals surface area contributed by atoms with Crippen molar-refractivity contribution < 1.29 is 39.1 Å². The van der Waals surface area contributed by atoms with E-state index < -0.39 is 5.92 Å². The van der Waals surface area contributed by atoms with Crippen molar-refractivity contribution in [3.63, 3.8) is 0 Å². The van der Waals surface area contributed by atoms with Crippen LogP contribution in [-0.2, 0) is 29.6 Å². The van der Waals surface area contributed by atoms with Gasteiger partial charge in [-0.3, -0.25) is 9.48 Å². The first-order valence-corrected chi connectivity index (χ1v) is 10.1. The Morgan fingerprint density at radius 3 is 2.80 bits per heavy atom. The third-order valence-corrected chi connectivity index (χ3v) is 4.95. The van der Waals surface area contributed by atoms with E-state index in [-0.39, 0.29) is 35.5 Å². The molecule has 154 valence electrons. The van der Waals surface area contributed by atoms with Crippen LogP contribution in [-0.4, -0.2) is 49.7 Å². The van der Waals surface area contributed by atoms with Gasteiger partial charge in [-0.15, -0.1) is 5.56 Å². The maximum atomic E-state index is 11.1. The average Bonchev–Trinajstić information content (AvgIpc) is 3.32. The molecule has 0 aromatic carbocycles. The number of nitrogens with one attached hydrogen (secondary N) is 2. The zero-order valence-electron chi connectivity index (χ0n) is 17.3. The molecule has 0 fully saturated rings. The molecule has 3 aromatic rings. The first-order valence-electron chi connectivity index (χ1n) is 8.91. The Kier molecular flexibility index (Phi) is 8.90. The smallest absolute Gasteiger partial charge is 0.417 e. The number of rotatable bonds is 4. The van der Waals surface area contributed by atoms with Crippen LogP contribution in [0, 0.1) is 19.8 Å². The Morgan fingerprint density at radius 2 is 2.17 bits per heavy atom. The van der Waals surface area contributed by atoms with Crippen molar-refractivity contribution in [1.82, 2.24) is 29.5 Å². The molecule has 30 heavy (non-hydrogen) atoms. The van der Waals surface area contributed by atoms with Crippen LogP contribution in [0.2, 0.25) is 0 Å². The molecule has 2 N–H and O–H groups in total.